The van der Waals surface area contributed by atoms with Crippen LogP contribution >= 0.6 is 0 Å². The van der Waals surface area contributed by atoms with Gasteiger partial charge in [0.15, 0.2) is 0 Å². The minimum absolute atomic E-state index is 0.0786. The largest absolute Gasteiger partial charge is 0.508 e. The predicted molar refractivity (Wildman–Crippen MR) is 81.8 cm³/mol. The van der Waals surface area contributed by atoms with E-state index in [1.807, 2.05) is 0 Å². The van der Waals surface area contributed by atoms with Crippen molar-refractivity contribution in [2.45, 2.75) is 44.7 Å². The van der Waals surface area contributed by atoms with Gasteiger partial charge >= 0.3 is 0 Å². The number of hydrogen-bond acceptors (Lipinski definition) is 3. The average molecular weight is 292 g/mol. The van der Waals surface area contributed by atoms with Crippen LogP contribution in [0, 0.1) is 11.7 Å². The number of rotatable bonds is 5. The van der Waals surface area contributed by atoms with Crippen LogP contribution in [0.4, 0.5) is 4.39 Å². The standard InChI is InChI=1S/C17H25FN2O/c1-12(16-7-4-14(18)9-17(16)21)20(15-5-6-15)11-13-3-2-8-19-10-13/h4,7,9,12-13,15,19,21H,2-3,5-6,8,10-11H2,1H3. The van der Waals surface area contributed by atoms with Crippen molar-refractivity contribution in [2.75, 3.05) is 19.6 Å². The van der Waals surface area contributed by atoms with E-state index in [4.69, 9.17) is 0 Å². The third kappa shape index (κ3) is 3.55. The molecule has 1 saturated carbocycles. The number of hydrogen-bond donors (Lipinski definition) is 2. The van der Waals surface area contributed by atoms with E-state index in [1.54, 1.807) is 6.07 Å². The number of aromatic hydroxyl groups is 1. The molecule has 4 heteroatoms. The van der Waals surface area contributed by atoms with Crippen LogP contribution in [0.1, 0.15) is 44.2 Å². The Kier molecular flexibility index (Phi) is 4.45. The van der Waals surface area contributed by atoms with Crippen LogP contribution in [-0.4, -0.2) is 35.7 Å². The van der Waals surface area contributed by atoms with E-state index in [9.17, 15) is 9.50 Å². The molecule has 0 radical (unpaired) electrons. The third-order valence-corrected chi connectivity index (χ3v) is 4.82. The lowest BCUT2D eigenvalue weighted by molar-refractivity contribution is 0.152. The van der Waals surface area contributed by atoms with Crippen molar-refractivity contribution in [3.63, 3.8) is 0 Å². The Bertz CT molecular complexity index is 484. The fraction of sp³-hybridized carbons (Fsp3) is 0.647. The summed E-state index contributed by atoms with van der Waals surface area (Å²) in [7, 11) is 0. The van der Waals surface area contributed by atoms with Crippen LogP contribution < -0.4 is 5.32 Å². The van der Waals surface area contributed by atoms with Gasteiger partial charge in [-0.2, -0.15) is 0 Å². The van der Waals surface area contributed by atoms with E-state index in [1.165, 1.54) is 37.8 Å². The smallest absolute Gasteiger partial charge is 0.126 e. The van der Waals surface area contributed by atoms with E-state index in [0.717, 1.165) is 25.2 Å². The highest BCUT2D eigenvalue weighted by atomic mass is 19.1. The van der Waals surface area contributed by atoms with Gasteiger partial charge in [-0.1, -0.05) is 6.07 Å². The summed E-state index contributed by atoms with van der Waals surface area (Å²) in [5.74, 6) is 0.386. The van der Waals surface area contributed by atoms with Crippen molar-refractivity contribution in [1.82, 2.24) is 10.2 Å². The molecule has 1 aromatic rings. The maximum Gasteiger partial charge on any atom is 0.126 e. The summed E-state index contributed by atoms with van der Waals surface area (Å²) in [4.78, 5) is 2.50. The van der Waals surface area contributed by atoms with E-state index in [2.05, 4.69) is 17.1 Å². The quantitative estimate of drug-likeness (QED) is 0.875. The fourth-order valence-corrected chi connectivity index (χ4v) is 3.46. The van der Waals surface area contributed by atoms with E-state index < -0.39 is 0 Å². The maximum atomic E-state index is 13.2. The summed E-state index contributed by atoms with van der Waals surface area (Å²) in [6, 6.07) is 5.16. The van der Waals surface area contributed by atoms with Gasteiger partial charge in [-0.05, 0) is 57.7 Å². The molecule has 2 unspecified atom stereocenters. The lowest BCUT2D eigenvalue weighted by Crippen LogP contribution is -2.40. The number of benzene rings is 1. The second-order valence-corrected chi connectivity index (χ2v) is 6.52. The maximum absolute atomic E-state index is 13.2. The number of nitrogens with one attached hydrogen (secondary N) is 1. The molecular formula is C17H25FN2O. The van der Waals surface area contributed by atoms with Crippen molar-refractivity contribution in [1.29, 1.82) is 0 Å². The van der Waals surface area contributed by atoms with Crippen molar-refractivity contribution < 1.29 is 9.50 Å². The summed E-state index contributed by atoms with van der Waals surface area (Å²) in [6.45, 7) is 5.41. The van der Waals surface area contributed by atoms with Gasteiger partial charge in [-0.15, -0.1) is 0 Å². The molecule has 2 fully saturated rings. The highest BCUT2D eigenvalue weighted by molar-refractivity contribution is 5.35. The van der Waals surface area contributed by atoms with Gasteiger partial charge in [0.2, 0.25) is 0 Å². The molecule has 2 aliphatic rings. The lowest BCUT2D eigenvalue weighted by atomic mass is 9.97. The van der Waals surface area contributed by atoms with E-state index in [-0.39, 0.29) is 17.6 Å². The summed E-state index contributed by atoms with van der Waals surface area (Å²) < 4.78 is 13.2. The molecule has 21 heavy (non-hydrogen) atoms. The van der Waals surface area contributed by atoms with Gasteiger partial charge in [-0.3, -0.25) is 4.90 Å². The van der Waals surface area contributed by atoms with Gasteiger partial charge < -0.3 is 10.4 Å². The Hall–Kier alpha value is -1.13. The summed E-state index contributed by atoms with van der Waals surface area (Å²) in [6.07, 6.45) is 5.01. The monoisotopic (exact) mass is 292 g/mol. The second kappa shape index (κ2) is 6.32. The normalized spacial score (nSPS) is 24.2. The summed E-state index contributed by atoms with van der Waals surface area (Å²) in [5, 5.41) is 13.5. The Morgan fingerprint density at radius 2 is 2.19 bits per heavy atom. The van der Waals surface area contributed by atoms with Crippen LogP contribution in [0.15, 0.2) is 18.2 Å². The minimum atomic E-state index is -0.377. The molecule has 1 aliphatic carbocycles. The second-order valence-electron chi connectivity index (χ2n) is 6.52. The number of phenols is 1. The van der Waals surface area contributed by atoms with Gasteiger partial charge in [0, 0.05) is 30.3 Å². The predicted octanol–water partition coefficient (Wildman–Crippen LogP) is 3.06. The Morgan fingerprint density at radius 1 is 1.38 bits per heavy atom. The first-order valence-corrected chi connectivity index (χ1v) is 8.10. The third-order valence-electron chi connectivity index (χ3n) is 4.82. The topological polar surface area (TPSA) is 35.5 Å². The van der Waals surface area contributed by atoms with Crippen LogP contribution in [0.2, 0.25) is 0 Å². The molecular weight excluding hydrogens is 267 g/mol. The van der Waals surface area contributed by atoms with Gasteiger partial charge in [-0.25, -0.2) is 4.39 Å². The molecule has 1 aromatic carbocycles. The van der Waals surface area contributed by atoms with Crippen LogP contribution in [-0.2, 0) is 0 Å². The van der Waals surface area contributed by atoms with E-state index >= 15 is 0 Å². The highest BCUT2D eigenvalue weighted by Gasteiger charge is 2.35. The van der Waals surface area contributed by atoms with Crippen molar-refractivity contribution in [3.8, 4) is 5.75 Å². The van der Waals surface area contributed by atoms with E-state index in [0.29, 0.717) is 12.0 Å². The molecule has 1 heterocycles. The molecule has 0 bridgehead atoms. The Morgan fingerprint density at radius 3 is 2.81 bits per heavy atom. The molecule has 116 valence electrons. The summed E-state index contributed by atoms with van der Waals surface area (Å²) in [5.41, 5.74) is 0.840. The molecule has 3 nitrogen and oxygen atoms in total. The first-order chi connectivity index (χ1) is 10.1. The molecule has 0 aromatic heterocycles. The zero-order valence-electron chi connectivity index (χ0n) is 12.7. The number of piperidine rings is 1. The van der Waals surface area contributed by atoms with Crippen molar-refractivity contribution >= 4 is 0 Å². The SMILES string of the molecule is CC(c1ccc(F)cc1O)N(CC1CCCNC1)C1CC1. The lowest BCUT2D eigenvalue weighted by Gasteiger charge is -2.34. The number of phenolic OH excluding ortho intramolecular Hbond substituents is 1. The number of nitrogens with zero attached hydrogens (tertiary/aromatic N) is 1. The molecule has 1 saturated heterocycles. The Balaban J connectivity index is 1.73. The van der Waals surface area contributed by atoms with Crippen molar-refractivity contribution in [3.05, 3.63) is 29.6 Å². The highest BCUT2D eigenvalue weighted by Crippen LogP contribution is 2.38. The molecule has 1 aliphatic heterocycles. The minimum Gasteiger partial charge on any atom is -0.508 e. The van der Waals surface area contributed by atoms with Gasteiger partial charge in [0.05, 0.1) is 0 Å². The zero-order valence-corrected chi connectivity index (χ0v) is 12.7. The fourth-order valence-electron chi connectivity index (χ4n) is 3.46. The van der Waals surface area contributed by atoms with Crippen molar-refractivity contribution in [2.24, 2.45) is 5.92 Å². The van der Waals surface area contributed by atoms with Gasteiger partial charge in [0.25, 0.3) is 0 Å². The summed E-state index contributed by atoms with van der Waals surface area (Å²) >= 11 is 0. The van der Waals surface area contributed by atoms with Crippen LogP contribution in [0.25, 0.3) is 0 Å². The first-order valence-electron chi connectivity index (χ1n) is 8.10. The molecule has 3 rings (SSSR count). The Labute approximate surface area is 126 Å². The first kappa shape index (κ1) is 14.8. The van der Waals surface area contributed by atoms with Gasteiger partial charge in [0.1, 0.15) is 11.6 Å². The number of halogens is 1. The molecule has 2 N–H and O–H groups in total. The van der Waals surface area contributed by atoms with Crippen LogP contribution in [0.5, 0.6) is 5.75 Å². The molecule has 0 spiro atoms. The van der Waals surface area contributed by atoms with Crippen LogP contribution in [0.3, 0.4) is 0 Å². The molecule has 0 amide bonds. The zero-order chi connectivity index (χ0) is 14.8. The average Bonchev–Trinajstić information content (AvgIpc) is 3.30. The molecule has 2 atom stereocenters.